The number of fused-ring (bicyclic) bond motifs is 1. The fourth-order valence-corrected chi connectivity index (χ4v) is 4.10. The van der Waals surface area contributed by atoms with Crippen molar-refractivity contribution >= 4 is 22.5 Å². The van der Waals surface area contributed by atoms with Gasteiger partial charge in [0.1, 0.15) is 0 Å². The van der Waals surface area contributed by atoms with E-state index in [0.717, 1.165) is 43.2 Å². The van der Waals surface area contributed by atoms with E-state index in [0.29, 0.717) is 12.3 Å². The number of rotatable bonds is 7. The Morgan fingerprint density at radius 1 is 1.04 bits per heavy atom. The maximum Gasteiger partial charge on any atom is 0.223 e. The van der Waals surface area contributed by atoms with E-state index in [4.69, 9.17) is 0 Å². The van der Waals surface area contributed by atoms with Gasteiger partial charge < -0.3 is 10.6 Å². The van der Waals surface area contributed by atoms with Gasteiger partial charge >= 0.3 is 0 Å². The maximum absolute atomic E-state index is 12.7. The number of amides is 1. The van der Waals surface area contributed by atoms with E-state index in [1.54, 1.807) is 6.92 Å². The number of carbonyl (C=O) groups excluding carboxylic acids is 2. The maximum atomic E-state index is 12.7. The van der Waals surface area contributed by atoms with Crippen molar-refractivity contribution in [2.45, 2.75) is 45.1 Å². The summed E-state index contributed by atoms with van der Waals surface area (Å²) < 4.78 is 0. The molecule has 1 aliphatic rings. The van der Waals surface area contributed by atoms with Crippen molar-refractivity contribution in [3.05, 3.63) is 48.0 Å². The number of ketones is 1. The van der Waals surface area contributed by atoms with Crippen LogP contribution in [-0.2, 0) is 16.0 Å². The van der Waals surface area contributed by atoms with Gasteiger partial charge in [0.15, 0.2) is 5.78 Å². The van der Waals surface area contributed by atoms with Crippen LogP contribution in [0.1, 0.15) is 38.2 Å². The smallest absolute Gasteiger partial charge is 0.223 e. The molecular weight excluding hydrogens is 336 g/mol. The highest BCUT2D eigenvalue weighted by Crippen LogP contribution is 2.28. The number of hydrogen-bond acceptors (Lipinski definition) is 3. The predicted octanol–water partition coefficient (Wildman–Crippen LogP) is 3.48. The molecule has 27 heavy (non-hydrogen) atoms. The van der Waals surface area contributed by atoms with Crippen molar-refractivity contribution in [1.82, 2.24) is 10.6 Å². The lowest BCUT2D eigenvalue weighted by molar-refractivity contribution is -0.130. The molecule has 0 spiro atoms. The third-order valence-corrected chi connectivity index (χ3v) is 5.77. The summed E-state index contributed by atoms with van der Waals surface area (Å²) in [6.07, 6.45) is 4.53. The highest BCUT2D eigenvalue weighted by molar-refractivity contribution is 5.89. The van der Waals surface area contributed by atoms with E-state index in [2.05, 4.69) is 34.9 Å². The second-order valence-corrected chi connectivity index (χ2v) is 7.83. The molecule has 1 amide bonds. The van der Waals surface area contributed by atoms with Crippen molar-refractivity contribution in [3.63, 3.8) is 0 Å². The summed E-state index contributed by atoms with van der Waals surface area (Å²) in [5.41, 5.74) is 1.08. The van der Waals surface area contributed by atoms with Gasteiger partial charge in [0.25, 0.3) is 0 Å². The first-order chi connectivity index (χ1) is 13.1. The van der Waals surface area contributed by atoms with Crippen LogP contribution in [0.5, 0.6) is 0 Å². The van der Waals surface area contributed by atoms with Crippen molar-refractivity contribution in [3.8, 4) is 0 Å². The molecule has 1 aliphatic carbocycles. The average Bonchev–Trinajstić information content (AvgIpc) is 2.68. The molecule has 3 rings (SSSR count). The summed E-state index contributed by atoms with van der Waals surface area (Å²) in [7, 11) is 1.98. The van der Waals surface area contributed by atoms with Crippen molar-refractivity contribution in [2.24, 2.45) is 11.8 Å². The molecule has 2 N–H and O–H groups in total. The lowest BCUT2D eigenvalue weighted by atomic mass is 9.81. The van der Waals surface area contributed by atoms with E-state index in [1.807, 2.05) is 25.2 Å². The van der Waals surface area contributed by atoms with Crippen LogP contribution in [0, 0.1) is 11.8 Å². The molecule has 0 bridgehead atoms. The summed E-state index contributed by atoms with van der Waals surface area (Å²) >= 11 is 0. The largest absolute Gasteiger partial charge is 0.346 e. The molecule has 0 aromatic heterocycles. The van der Waals surface area contributed by atoms with Crippen molar-refractivity contribution < 1.29 is 9.59 Å². The van der Waals surface area contributed by atoms with Crippen LogP contribution in [-0.4, -0.2) is 31.3 Å². The lowest BCUT2D eigenvalue weighted by Crippen LogP contribution is -2.45. The zero-order valence-corrected chi connectivity index (χ0v) is 16.3. The summed E-state index contributed by atoms with van der Waals surface area (Å²) in [6.45, 7) is 2.59. The first-order valence-electron chi connectivity index (χ1n) is 10.00. The Kier molecular flexibility index (Phi) is 6.62. The second kappa shape index (κ2) is 9.14. The van der Waals surface area contributed by atoms with Gasteiger partial charge in [-0.05, 0) is 74.9 Å². The minimum atomic E-state index is -0.450. The lowest BCUT2D eigenvalue weighted by Gasteiger charge is -2.28. The molecule has 1 atom stereocenters. The van der Waals surface area contributed by atoms with Crippen LogP contribution in [0.2, 0.25) is 0 Å². The van der Waals surface area contributed by atoms with Crippen LogP contribution in [0.4, 0.5) is 0 Å². The molecule has 0 radical (unpaired) electrons. The second-order valence-electron chi connectivity index (χ2n) is 7.83. The van der Waals surface area contributed by atoms with Gasteiger partial charge in [-0.25, -0.2) is 0 Å². The van der Waals surface area contributed by atoms with Gasteiger partial charge in [-0.2, -0.15) is 0 Å². The Morgan fingerprint density at radius 2 is 1.74 bits per heavy atom. The van der Waals surface area contributed by atoms with Crippen LogP contribution in [0.25, 0.3) is 10.8 Å². The summed E-state index contributed by atoms with van der Waals surface area (Å²) in [6, 6.07) is 14.0. The first kappa shape index (κ1) is 19.6. The third-order valence-electron chi connectivity index (χ3n) is 5.77. The molecule has 0 aliphatic heterocycles. The van der Waals surface area contributed by atoms with E-state index in [1.165, 1.54) is 5.39 Å². The Labute approximate surface area is 161 Å². The first-order valence-corrected chi connectivity index (χ1v) is 10.00. The van der Waals surface area contributed by atoms with Gasteiger partial charge in [-0.1, -0.05) is 42.5 Å². The molecule has 0 heterocycles. The molecular formula is C23H30N2O2. The quantitative estimate of drug-likeness (QED) is 0.789. The van der Waals surface area contributed by atoms with Crippen molar-refractivity contribution in [1.29, 1.82) is 0 Å². The number of carbonyl (C=O) groups is 2. The monoisotopic (exact) mass is 366 g/mol. The number of hydrogen-bond donors (Lipinski definition) is 2. The zero-order chi connectivity index (χ0) is 19.2. The topological polar surface area (TPSA) is 58.2 Å². The fourth-order valence-electron chi connectivity index (χ4n) is 4.10. The summed E-state index contributed by atoms with van der Waals surface area (Å²) in [5, 5.41) is 8.59. The fraction of sp³-hybridized carbons (Fsp3) is 0.478. The molecule has 0 unspecified atom stereocenters. The Hall–Kier alpha value is -2.20. The molecule has 0 saturated heterocycles. The number of nitrogens with one attached hydrogen (secondary N) is 2. The van der Waals surface area contributed by atoms with Crippen LogP contribution >= 0.6 is 0 Å². The number of benzene rings is 2. The van der Waals surface area contributed by atoms with Crippen molar-refractivity contribution in [2.75, 3.05) is 13.6 Å². The molecule has 144 valence electrons. The Bertz CT molecular complexity index is 794. The molecule has 2 aromatic carbocycles. The van der Waals surface area contributed by atoms with Gasteiger partial charge in [0.05, 0.1) is 6.04 Å². The average molecular weight is 367 g/mol. The number of Topliss-reactive ketones (excluding diaryl/α,β-unsaturated/α-hetero) is 1. The third kappa shape index (κ3) is 5.16. The van der Waals surface area contributed by atoms with Crippen LogP contribution in [0.3, 0.4) is 0 Å². The van der Waals surface area contributed by atoms with Gasteiger partial charge in [-0.15, -0.1) is 0 Å². The molecule has 4 nitrogen and oxygen atoms in total. The predicted molar refractivity (Wildman–Crippen MR) is 110 cm³/mol. The Balaban J connectivity index is 1.61. The zero-order valence-electron chi connectivity index (χ0n) is 16.3. The Morgan fingerprint density at radius 3 is 2.41 bits per heavy atom. The van der Waals surface area contributed by atoms with E-state index < -0.39 is 6.04 Å². The van der Waals surface area contributed by atoms with Gasteiger partial charge in [0.2, 0.25) is 5.91 Å². The van der Waals surface area contributed by atoms with Gasteiger partial charge in [-0.3, -0.25) is 9.59 Å². The van der Waals surface area contributed by atoms with Crippen LogP contribution < -0.4 is 10.6 Å². The van der Waals surface area contributed by atoms with E-state index in [-0.39, 0.29) is 17.6 Å². The molecule has 1 fully saturated rings. The minimum Gasteiger partial charge on any atom is -0.346 e. The molecule has 2 aromatic rings. The van der Waals surface area contributed by atoms with E-state index >= 15 is 0 Å². The highest BCUT2D eigenvalue weighted by Gasteiger charge is 2.28. The molecule has 4 heteroatoms. The highest BCUT2D eigenvalue weighted by atomic mass is 16.2. The normalized spacial score (nSPS) is 21.0. The summed E-state index contributed by atoms with van der Waals surface area (Å²) in [5.74, 6) is 0.760. The standard InChI is InChI=1S/C23H30N2O2/c1-16(26)22(14-18-9-10-19-5-3-4-6-21(19)13-18)25-23(27)20-11-7-17(8-12-20)15-24-2/h3-6,9-10,13,17,20,22,24H,7-8,11-12,14-15H2,1-2H3,(H,25,27)/t17?,20?,22-/m1/s1. The SMILES string of the molecule is CNCC1CCC(C(=O)N[C@H](Cc2ccc3ccccc3c2)C(C)=O)CC1. The van der Waals surface area contributed by atoms with Crippen LogP contribution in [0.15, 0.2) is 42.5 Å². The molecule has 1 saturated carbocycles. The minimum absolute atomic E-state index is 0.0142. The summed E-state index contributed by atoms with van der Waals surface area (Å²) in [4.78, 5) is 24.8. The van der Waals surface area contributed by atoms with E-state index in [9.17, 15) is 9.59 Å². The van der Waals surface area contributed by atoms with Gasteiger partial charge in [0, 0.05) is 5.92 Å².